The summed E-state index contributed by atoms with van der Waals surface area (Å²) in [5, 5.41) is 11.6. The molecule has 0 saturated heterocycles. The molecule has 0 N–H and O–H groups in total. The number of carboxylic acids is 1. The van der Waals surface area contributed by atoms with Crippen molar-refractivity contribution in [2.24, 2.45) is 0 Å². The molecule has 2 atom stereocenters. The van der Waals surface area contributed by atoms with Gasteiger partial charge in [-0.15, -0.1) is 0 Å². The van der Waals surface area contributed by atoms with Crippen LogP contribution in [0.3, 0.4) is 0 Å². The van der Waals surface area contributed by atoms with Crippen LogP contribution in [-0.4, -0.2) is 75.5 Å². The van der Waals surface area contributed by atoms with E-state index in [-0.39, 0.29) is 42.7 Å². The summed E-state index contributed by atoms with van der Waals surface area (Å²) in [4.78, 5) is 36.8. The van der Waals surface area contributed by atoms with Gasteiger partial charge in [-0.05, 0) is 83.5 Å². The molecule has 0 spiro atoms. The smallest absolute Gasteiger partial charge is 0.306 e. The fraction of sp³-hybridized carbons (Fsp3) is 0.694. The van der Waals surface area contributed by atoms with E-state index in [2.05, 4.69) is 86.8 Å². The van der Waals surface area contributed by atoms with Gasteiger partial charge in [0.25, 0.3) is 0 Å². The number of carbonyl (C=O) groups excluding carboxylic acids is 3. The Hall–Kier alpha value is -3.23. The molecule has 0 aliphatic carbocycles. The molecule has 57 heavy (non-hydrogen) atoms. The van der Waals surface area contributed by atoms with E-state index in [1.54, 1.807) is 21.1 Å². The van der Waals surface area contributed by atoms with Gasteiger partial charge >= 0.3 is 11.9 Å². The van der Waals surface area contributed by atoms with Crippen molar-refractivity contribution < 1.29 is 38.2 Å². The second kappa shape index (κ2) is 39.6. The van der Waals surface area contributed by atoms with E-state index >= 15 is 0 Å². The predicted molar refractivity (Wildman–Crippen MR) is 235 cm³/mol. The number of allylic oxidation sites excluding steroid dienone is 12. The molecule has 326 valence electrons. The highest BCUT2D eigenvalue weighted by atomic mass is 16.6. The molecule has 2 unspecified atom stereocenters. The summed E-state index contributed by atoms with van der Waals surface area (Å²) in [7, 11) is 5.38. The number of carbonyl (C=O) groups is 3. The molecule has 8 heteroatoms. The molecule has 0 rings (SSSR count). The maximum Gasteiger partial charge on any atom is 0.306 e. The molecule has 0 heterocycles. The zero-order valence-electron chi connectivity index (χ0n) is 37.0. The van der Waals surface area contributed by atoms with E-state index in [4.69, 9.17) is 14.2 Å². The minimum Gasteiger partial charge on any atom is -0.544 e. The number of rotatable bonds is 39. The highest BCUT2D eigenvalue weighted by Gasteiger charge is 2.25. The monoisotopic (exact) mass is 798 g/mol. The second-order valence-electron chi connectivity index (χ2n) is 15.9. The SMILES string of the molecule is CC/C=C/C/C=C/C/C=C/C/C=C/C/C=C/CCCCCC(=O)OCC(COCCC(C(=O)[O-])[N+](C)(C)C)OC(=O)CCCCC/C=C/CCCCCCCCC. The van der Waals surface area contributed by atoms with Gasteiger partial charge < -0.3 is 28.6 Å². The average molecular weight is 798 g/mol. The molecule has 0 aliphatic rings. The molecule has 8 nitrogen and oxygen atoms in total. The summed E-state index contributed by atoms with van der Waals surface area (Å²) in [5.74, 6) is -1.80. The summed E-state index contributed by atoms with van der Waals surface area (Å²) < 4.78 is 17.1. The van der Waals surface area contributed by atoms with E-state index in [1.807, 2.05) is 0 Å². The lowest BCUT2D eigenvalue weighted by molar-refractivity contribution is -0.889. The Kier molecular flexibility index (Phi) is 37.3. The minimum atomic E-state index is -1.13. The van der Waals surface area contributed by atoms with Crippen molar-refractivity contribution in [1.29, 1.82) is 0 Å². The molecule has 0 bridgehead atoms. The van der Waals surface area contributed by atoms with Crippen LogP contribution in [0.4, 0.5) is 0 Å². The number of nitrogens with zero attached hydrogens (tertiary/aromatic N) is 1. The van der Waals surface area contributed by atoms with Gasteiger partial charge in [-0.2, -0.15) is 0 Å². The van der Waals surface area contributed by atoms with Gasteiger partial charge in [-0.3, -0.25) is 9.59 Å². The second-order valence-corrected chi connectivity index (χ2v) is 15.9. The van der Waals surface area contributed by atoms with Crippen LogP contribution < -0.4 is 5.11 Å². The van der Waals surface area contributed by atoms with Gasteiger partial charge in [-0.25, -0.2) is 0 Å². The van der Waals surface area contributed by atoms with Crippen LogP contribution in [0.5, 0.6) is 0 Å². The van der Waals surface area contributed by atoms with Crippen molar-refractivity contribution in [2.45, 2.75) is 180 Å². The van der Waals surface area contributed by atoms with Crippen LogP contribution >= 0.6 is 0 Å². The molecular formula is C49H83NO7. The lowest BCUT2D eigenvalue weighted by Gasteiger charge is -2.34. The van der Waals surface area contributed by atoms with Gasteiger partial charge in [0.05, 0.1) is 40.3 Å². The van der Waals surface area contributed by atoms with Gasteiger partial charge in [0, 0.05) is 19.3 Å². The molecule has 0 aliphatic heterocycles. The molecule has 0 aromatic rings. The third-order valence-electron chi connectivity index (χ3n) is 9.58. The lowest BCUT2D eigenvalue weighted by atomic mass is 10.1. The van der Waals surface area contributed by atoms with E-state index in [1.165, 1.54) is 44.9 Å². The van der Waals surface area contributed by atoms with E-state index < -0.39 is 18.1 Å². The Bertz CT molecular complexity index is 1160. The summed E-state index contributed by atoms with van der Waals surface area (Å²) in [6.45, 7) is 4.48. The average Bonchev–Trinajstić information content (AvgIpc) is 3.17. The van der Waals surface area contributed by atoms with Crippen molar-refractivity contribution in [2.75, 3.05) is 41.0 Å². The number of ether oxygens (including phenoxy) is 3. The zero-order chi connectivity index (χ0) is 42.1. The van der Waals surface area contributed by atoms with Crippen LogP contribution in [0.2, 0.25) is 0 Å². The van der Waals surface area contributed by atoms with Crippen molar-refractivity contribution in [3.05, 3.63) is 72.9 Å². The van der Waals surface area contributed by atoms with Crippen molar-refractivity contribution in [3.63, 3.8) is 0 Å². The van der Waals surface area contributed by atoms with Gasteiger partial charge in [-0.1, -0.05) is 138 Å². The van der Waals surface area contributed by atoms with Crippen molar-refractivity contribution in [1.82, 2.24) is 0 Å². The molecule has 0 fully saturated rings. The third kappa shape index (κ3) is 38.1. The Morgan fingerprint density at radius 3 is 1.47 bits per heavy atom. The molecule has 0 amide bonds. The number of esters is 2. The molecule has 0 radical (unpaired) electrons. The van der Waals surface area contributed by atoms with Crippen LogP contribution in [0.1, 0.15) is 168 Å². The largest absolute Gasteiger partial charge is 0.544 e. The Balaban J connectivity index is 4.42. The van der Waals surface area contributed by atoms with Crippen LogP contribution in [0.15, 0.2) is 72.9 Å². The molecule has 0 aromatic carbocycles. The summed E-state index contributed by atoms with van der Waals surface area (Å²) >= 11 is 0. The highest BCUT2D eigenvalue weighted by Crippen LogP contribution is 2.12. The zero-order valence-corrected chi connectivity index (χ0v) is 37.0. The fourth-order valence-electron chi connectivity index (χ4n) is 6.09. The van der Waals surface area contributed by atoms with E-state index in [0.717, 1.165) is 89.9 Å². The first kappa shape index (κ1) is 53.8. The number of unbranched alkanes of at least 4 members (excludes halogenated alkanes) is 13. The van der Waals surface area contributed by atoms with Crippen LogP contribution in [0.25, 0.3) is 0 Å². The fourth-order valence-corrected chi connectivity index (χ4v) is 6.09. The van der Waals surface area contributed by atoms with Crippen LogP contribution in [-0.2, 0) is 28.6 Å². The molecule has 0 saturated carbocycles. The summed E-state index contributed by atoms with van der Waals surface area (Å²) in [5.41, 5.74) is 0. The standard InChI is InChI=1S/C49H83NO7/c1-6-8-10-12-14-16-18-20-22-23-24-25-26-28-29-31-33-35-37-39-47(51)56-44-45(43-55-42-41-46(49(53)54)50(3,4)5)57-48(52)40-38-36-34-32-30-27-21-19-17-15-13-11-9-7-2/h8,10,14,16,20,22,24-25,27-30,45-46H,6-7,9,11-13,15,17-19,21,23,26,31-44H2,1-5H3/b10-8+,16-14+,22-20+,25-24+,29-28+,30-27+. The van der Waals surface area contributed by atoms with Gasteiger partial charge in [0.2, 0.25) is 0 Å². The summed E-state index contributed by atoms with van der Waals surface area (Å²) in [6, 6.07) is -0.736. The Morgan fingerprint density at radius 2 is 0.982 bits per heavy atom. The van der Waals surface area contributed by atoms with E-state index in [0.29, 0.717) is 12.8 Å². The first-order valence-corrected chi connectivity index (χ1v) is 22.5. The number of hydrogen-bond acceptors (Lipinski definition) is 7. The number of hydrogen-bond donors (Lipinski definition) is 0. The quantitative estimate of drug-likeness (QED) is 0.0264. The highest BCUT2D eigenvalue weighted by molar-refractivity contribution is 5.70. The number of quaternary nitrogens is 1. The van der Waals surface area contributed by atoms with E-state index in [9.17, 15) is 19.5 Å². The first-order valence-electron chi connectivity index (χ1n) is 22.5. The lowest BCUT2D eigenvalue weighted by Crippen LogP contribution is -2.55. The summed E-state index contributed by atoms with van der Waals surface area (Å²) in [6.07, 6.45) is 49.3. The molecular weight excluding hydrogens is 715 g/mol. The number of aliphatic carboxylic acids is 1. The first-order chi connectivity index (χ1) is 27.6. The molecule has 0 aromatic heterocycles. The van der Waals surface area contributed by atoms with Crippen molar-refractivity contribution >= 4 is 17.9 Å². The van der Waals surface area contributed by atoms with Gasteiger partial charge in [0.1, 0.15) is 12.6 Å². The number of likely N-dealkylation sites (N-methyl/N-ethyl adjacent to an activating group) is 1. The Labute approximate surface area is 349 Å². The predicted octanol–water partition coefficient (Wildman–Crippen LogP) is 11.0. The normalized spacial score (nSPS) is 13.6. The number of carboxylic acid groups (broad SMARTS) is 1. The minimum absolute atomic E-state index is 0.0205. The van der Waals surface area contributed by atoms with Gasteiger partial charge in [0.15, 0.2) is 6.10 Å². The third-order valence-corrected chi connectivity index (χ3v) is 9.58. The Morgan fingerprint density at radius 1 is 0.544 bits per heavy atom. The maximum absolute atomic E-state index is 12.7. The maximum atomic E-state index is 12.7. The van der Waals surface area contributed by atoms with Crippen LogP contribution in [0, 0.1) is 0 Å². The van der Waals surface area contributed by atoms with Crippen molar-refractivity contribution in [3.8, 4) is 0 Å². The topological polar surface area (TPSA) is 102 Å².